The summed E-state index contributed by atoms with van der Waals surface area (Å²) in [5, 5.41) is 10.5. The van der Waals surface area contributed by atoms with Crippen LogP contribution in [-0.4, -0.2) is 27.3 Å². The van der Waals surface area contributed by atoms with Crippen LogP contribution in [0.25, 0.3) is 0 Å². The van der Waals surface area contributed by atoms with Gasteiger partial charge >= 0.3 is 5.97 Å². The van der Waals surface area contributed by atoms with E-state index in [1.807, 2.05) is 24.3 Å². The van der Waals surface area contributed by atoms with Crippen LogP contribution in [0.1, 0.15) is 25.7 Å². The first-order valence-corrected chi connectivity index (χ1v) is 8.72. The fraction of sp³-hybridized carbons (Fsp3) is 0.500. The molecule has 0 saturated heterocycles. The van der Waals surface area contributed by atoms with Crippen LogP contribution < -0.4 is 0 Å². The van der Waals surface area contributed by atoms with Crippen molar-refractivity contribution in [1.82, 2.24) is 0 Å². The summed E-state index contributed by atoms with van der Waals surface area (Å²) < 4.78 is 0. The first-order valence-electron chi connectivity index (χ1n) is 6.41. The van der Waals surface area contributed by atoms with E-state index < -0.39 is 5.97 Å². The van der Waals surface area contributed by atoms with Gasteiger partial charge in [-0.05, 0) is 25.0 Å². The standard InChI is InChI=1S/C14H17ClO2S2/c15-10-5-1-2-6-11(10)19-13-8-4-3-7-12(13)18-9-14(16)17/h1-2,5-6,12-13H,3-4,7-9H2,(H,16,17)/t12-,13-/m1/s1. The number of carboxylic acids is 1. The molecule has 19 heavy (non-hydrogen) atoms. The molecule has 0 aromatic heterocycles. The Balaban J connectivity index is 1.99. The van der Waals surface area contributed by atoms with E-state index in [0.29, 0.717) is 10.5 Å². The zero-order valence-electron chi connectivity index (χ0n) is 10.5. The lowest BCUT2D eigenvalue weighted by atomic mass is 10.00. The van der Waals surface area contributed by atoms with Crippen LogP contribution in [0.5, 0.6) is 0 Å². The van der Waals surface area contributed by atoms with Crippen molar-refractivity contribution in [3.8, 4) is 0 Å². The van der Waals surface area contributed by atoms with Crippen LogP contribution in [0.3, 0.4) is 0 Å². The van der Waals surface area contributed by atoms with Crippen LogP contribution in [0.2, 0.25) is 5.02 Å². The van der Waals surface area contributed by atoms with Gasteiger partial charge in [-0.25, -0.2) is 0 Å². The molecular weight excluding hydrogens is 300 g/mol. The Hall–Kier alpha value is -0.320. The summed E-state index contributed by atoms with van der Waals surface area (Å²) in [6.45, 7) is 0. The Labute approximate surface area is 127 Å². The summed E-state index contributed by atoms with van der Waals surface area (Å²) in [7, 11) is 0. The summed E-state index contributed by atoms with van der Waals surface area (Å²) in [6, 6.07) is 7.88. The first-order chi connectivity index (χ1) is 9.16. The highest BCUT2D eigenvalue weighted by molar-refractivity contribution is 8.04. The minimum Gasteiger partial charge on any atom is -0.481 e. The number of thioether (sulfide) groups is 2. The number of aliphatic carboxylic acids is 1. The van der Waals surface area contributed by atoms with E-state index >= 15 is 0 Å². The average molecular weight is 317 g/mol. The van der Waals surface area contributed by atoms with Gasteiger partial charge in [0.2, 0.25) is 0 Å². The van der Waals surface area contributed by atoms with Gasteiger partial charge in [-0.3, -0.25) is 4.79 Å². The fourth-order valence-electron chi connectivity index (χ4n) is 2.27. The number of hydrogen-bond donors (Lipinski definition) is 1. The molecule has 0 spiro atoms. The minimum absolute atomic E-state index is 0.199. The maximum absolute atomic E-state index is 10.7. The molecule has 0 heterocycles. The summed E-state index contributed by atoms with van der Waals surface area (Å²) in [5.74, 6) is -0.526. The molecule has 0 aliphatic heterocycles. The normalized spacial score (nSPS) is 23.2. The summed E-state index contributed by atoms with van der Waals surface area (Å²) in [5.41, 5.74) is 0. The average Bonchev–Trinajstić information content (AvgIpc) is 2.40. The molecular formula is C14H17ClO2S2. The second-order valence-corrected chi connectivity index (χ2v) is 7.53. The van der Waals surface area contributed by atoms with Crippen molar-refractivity contribution in [2.24, 2.45) is 0 Å². The van der Waals surface area contributed by atoms with Gasteiger partial charge in [-0.2, -0.15) is 0 Å². The molecule has 2 nitrogen and oxygen atoms in total. The van der Waals surface area contributed by atoms with Crippen LogP contribution >= 0.6 is 35.1 Å². The van der Waals surface area contributed by atoms with E-state index in [9.17, 15) is 4.79 Å². The van der Waals surface area contributed by atoms with Crippen LogP contribution in [-0.2, 0) is 4.79 Å². The highest BCUT2D eigenvalue weighted by Crippen LogP contribution is 2.41. The third-order valence-corrected chi connectivity index (χ3v) is 6.67. The van der Waals surface area contributed by atoms with Gasteiger partial charge < -0.3 is 5.11 Å². The highest BCUT2D eigenvalue weighted by atomic mass is 35.5. The Kier molecular flexibility index (Phi) is 5.92. The van der Waals surface area contributed by atoms with Crippen molar-refractivity contribution in [1.29, 1.82) is 0 Å². The molecule has 1 aliphatic carbocycles. The molecule has 1 aromatic carbocycles. The summed E-state index contributed by atoms with van der Waals surface area (Å²) >= 11 is 9.58. The molecule has 0 bridgehead atoms. The number of halogens is 1. The molecule has 2 rings (SSSR count). The van der Waals surface area contributed by atoms with Crippen LogP contribution in [0.4, 0.5) is 0 Å². The van der Waals surface area contributed by atoms with Crippen LogP contribution in [0, 0.1) is 0 Å². The predicted octanol–water partition coefficient (Wildman–Crippen LogP) is 4.56. The molecule has 1 fully saturated rings. The van der Waals surface area contributed by atoms with Gasteiger partial charge in [-0.15, -0.1) is 23.5 Å². The van der Waals surface area contributed by atoms with E-state index in [1.54, 1.807) is 23.5 Å². The lowest BCUT2D eigenvalue weighted by molar-refractivity contribution is -0.133. The van der Waals surface area contributed by atoms with Gasteiger partial charge in [0.15, 0.2) is 0 Å². The predicted molar refractivity (Wildman–Crippen MR) is 83.4 cm³/mol. The largest absolute Gasteiger partial charge is 0.481 e. The summed E-state index contributed by atoms with van der Waals surface area (Å²) in [4.78, 5) is 11.8. The smallest absolute Gasteiger partial charge is 0.313 e. The number of rotatable bonds is 5. The number of benzene rings is 1. The molecule has 1 saturated carbocycles. The van der Waals surface area contributed by atoms with Crippen molar-refractivity contribution in [3.05, 3.63) is 29.3 Å². The highest BCUT2D eigenvalue weighted by Gasteiger charge is 2.27. The number of carboxylic acid groups (broad SMARTS) is 1. The number of hydrogen-bond acceptors (Lipinski definition) is 3. The van der Waals surface area contributed by atoms with Gasteiger partial charge in [-0.1, -0.05) is 36.6 Å². The molecule has 104 valence electrons. The van der Waals surface area contributed by atoms with E-state index in [2.05, 4.69) is 0 Å². The Morgan fingerprint density at radius 3 is 2.63 bits per heavy atom. The van der Waals surface area contributed by atoms with Crippen molar-refractivity contribution >= 4 is 41.1 Å². The van der Waals surface area contributed by atoms with Crippen molar-refractivity contribution in [2.45, 2.75) is 41.1 Å². The molecule has 2 atom stereocenters. The van der Waals surface area contributed by atoms with E-state index in [0.717, 1.165) is 22.8 Å². The van der Waals surface area contributed by atoms with E-state index in [1.165, 1.54) is 12.8 Å². The monoisotopic (exact) mass is 316 g/mol. The van der Waals surface area contributed by atoms with Gasteiger partial charge in [0.1, 0.15) is 0 Å². The maximum Gasteiger partial charge on any atom is 0.313 e. The Morgan fingerprint density at radius 1 is 1.26 bits per heavy atom. The molecule has 5 heteroatoms. The van der Waals surface area contributed by atoms with E-state index in [4.69, 9.17) is 16.7 Å². The lowest BCUT2D eigenvalue weighted by Gasteiger charge is -2.30. The third-order valence-electron chi connectivity index (χ3n) is 3.18. The Bertz CT molecular complexity index is 439. The molecule has 1 aliphatic rings. The fourth-order valence-corrected chi connectivity index (χ4v) is 5.22. The molecule has 0 radical (unpaired) electrons. The first kappa shape index (κ1) is 15.1. The zero-order chi connectivity index (χ0) is 13.7. The zero-order valence-corrected chi connectivity index (χ0v) is 12.9. The molecule has 0 amide bonds. The molecule has 0 unspecified atom stereocenters. The lowest BCUT2D eigenvalue weighted by Crippen LogP contribution is -2.25. The quantitative estimate of drug-likeness (QED) is 0.864. The van der Waals surface area contributed by atoms with Gasteiger partial charge in [0.25, 0.3) is 0 Å². The van der Waals surface area contributed by atoms with E-state index in [-0.39, 0.29) is 5.75 Å². The minimum atomic E-state index is -0.725. The topological polar surface area (TPSA) is 37.3 Å². The van der Waals surface area contributed by atoms with Crippen LogP contribution in [0.15, 0.2) is 29.2 Å². The number of carbonyl (C=O) groups is 1. The SMILES string of the molecule is O=C(O)CS[C@@H]1CCCC[C@H]1Sc1ccccc1Cl. The van der Waals surface area contributed by atoms with Crippen molar-refractivity contribution < 1.29 is 9.90 Å². The summed E-state index contributed by atoms with van der Waals surface area (Å²) in [6.07, 6.45) is 4.69. The van der Waals surface area contributed by atoms with Gasteiger partial charge in [0, 0.05) is 15.4 Å². The molecule has 1 aromatic rings. The third kappa shape index (κ3) is 4.62. The molecule has 1 N–H and O–H groups in total. The Morgan fingerprint density at radius 2 is 1.95 bits per heavy atom. The second-order valence-electron chi connectivity index (χ2n) is 4.61. The maximum atomic E-state index is 10.7. The van der Waals surface area contributed by atoms with Crippen molar-refractivity contribution in [3.63, 3.8) is 0 Å². The van der Waals surface area contributed by atoms with Crippen molar-refractivity contribution in [2.75, 3.05) is 5.75 Å². The second kappa shape index (κ2) is 7.46. The van der Waals surface area contributed by atoms with Gasteiger partial charge in [0.05, 0.1) is 10.8 Å².